The van der Waals surface area contributed by atoms with Crippen molar-refractivity contribution in [3.05, 3.63) is 64.7 Å². The molecule has 14 N–H and O–H groups in total. The Kier molecular flexibility index (Phi) is 15.6. The molecular formula is C31H46N14O2. The Morgan fingerprint density at radius 3 is 1.55 bits per heavy atom. The Hall–Kier alpha value is -5.80. The molecule has 0 spiro atoms. The summed E-state index contributed by atoms with van der Waals surface area (Å²) in [6.07, 6.45) is 5.83. The van der Waals surface area contributed by atoms with E-state index in [1.807, 2.05) is 12.1 Å². The van der Waals surface area contributed by atoms with Crippen molar-refractivity contribution in [2.75, 3.05) is 11.9 Å². The molecule has 2 amide bonds. The number of benzene rings is 2. The van der Waals surface area contributed by atoms with Crippen molar-refractivity contribution in [1.29, 1.82) is 0 Å². The van der Waals surface area contributed by atoms with Gasteiger partial charge in [-0.1, -0.05) is 37.8 Å². The molecule has 16 nitrogen and oxygen atoms in total. The minimum Gasteiger partial charge on any atom is -0.369 e. The quantitative estimate of drug-likeness (QED) is 0.0541. The number of guanidine groups is 3. The predicted octanol–water partition coefficient (Wildman–Crippen LogP) is 1.78. The number of rotatable bonds is 17. The number of carbonyl (C=O) groups is 2. The molecule has 0 aliphatic rings. The molecule has 0 saturated heterocycles. The van der Waals surface area contributed by atoms with Gasteiger partial charge in [-0.15, -0.1) is 15.3 Å². The highest BCUT2D eigenvalue weighted by atomic mass is 16.2. The standard InChI is InChI=1S/C31H46N14O2/c1-19(40-43-29(32)33)22-11-10-12-23(15-22)28(47)38-14-9-7-5-4-6-8-13-27(46)39-26-17-24(20(2)41-44-30(34)35)16-25(18-26)21(3)42-45-31(36)37/h10-12,15-18H,4-9,13-14H2,1-3H3,(H,38,47)(H,39,46)(H4,32,33,43)(H4,34,35,44)(H4,36,37,45)/b40-19-,41-20-,42-21+. The van der Waals surface area contributed by atoms with Crippen molar-refractivity contribution in [2.45, 2.75) is 65.7 Å². The summed E-state index contributed by atoms with van der Waals surface area (Å²) < 4.78 is 0. The fourth-order valence-electron chi connectivity index (χ4n) is 4.22. The lowest BCUT2D eigenvalue weighted by atomic mass is 10.0. The smallest absolute Gasteiger partial charge is 0.251 e. The van der Waals surface area contributed by atoms with Crippen LogP contribution >= 0.6 is 0 Å². The summed E-state index contributed by atoms with van der Waals surface area (Å²) in [5.41, 5.74) is 37.1. The van der Waals surface area contributed by atoms with Gasteiger partial charge in [0.25, 0.3) is 5.91 Å². The van der Waals surface area contributed by atoms with E-state index in [1.54, 1.807) is 51.1 Å². The van der Waals surface area contributed by atoms with Crippen LogP contribution in [0.5, 0.6) is 0 Å². The molecule has 0 radical (unpaired) electrons. The number of nitrogens with two attached hydrogens (primary N) is 6. The number of hydrogen-bond acceptors (Lipinski definition) is 8. The second-order valence-electron chi connectivity index (χ2n) is 10.7. The summed E-state index contributed by atoms with van der Waals surface area (Å²) >= 11 is 0. The van der Waals surface area contributed by atoms with Crippen molar-refractivity contribution < 1.29 is 9.59 Å². The van der Waals surface area contributed by atoms with Gasteiger partial charge in [-0.05, 0) is 69.5 Å². The third kappa shape index (κ3) is 14.7. The first-order valence-electron chi connectivity index (χ1n) is 15.1. The van der Waals surface area contributed by atoms with Gasteiger partial charge in [-0.2, -0.15) is 15.3 Å². The van der Waals surface area contributed by atoms with E-state index in [9.17, 15) is 9.59 Å². The van der Waals surface area contributed by atoms with Gasteiger partial charge in [0.2, 0.25) is 23.8 Å². The second-order valence-corrected chi connectivity index (χ2v) is 10.7. The average Bonchev–Trinajstić information content (AvgIpc) is 3.03. The van der Waals surface area contributed by atoms with Gasteiger partial charge >= 0.3 is 0 Å². The third-order valence-corrected chi connectivity index (χ3v) is 6.66. The number of anilines is 1. The lowest BCUT2D eigenvalue weighted by molar-refractivity contribution is -0.116. The van der Waals surface area contributed by atoms with Crippen LogP contribution in [0.2, 0.25) is 0 Å². The van der Waals surface area contributed by atoms with Gasteiger partial charge < -0.3 is 45.0 Å². The van der Waals surface area contributed by atoms with E-state index in [-0.39, 0.29) is 29.7 Å². The maximum absolute atomic E-state index is 12.7. The van der Waals surface area contributed by atoms with Crippen LogP contribution < -0.4 is 45.0 Å². The van der Waals surface area contributed by atoms with Crippen molar-refractivity contribution in [1.82, 2.24) is 5.32 Å². The van der Waals surface area contributed by atoms with Gasteiger partial charge in [0, 0.05) is 35.3 Å². The van der Waals surface area contributed by atoms with Crippen molar-refractivity contribution in [3.63, 3.8) is 0 Å². The second kappa shape index (κ2) is 19.6. The van der Waals surface area contributed by atoms with E-state index in [4.69, 9.17) is 34.4 Å². The van der Waals surface area contributed by atoms with E-state index in [0.717, 1.165) is 44.1 Å². The molecule has 47 heavy (non-hydrogen) atoms. The van der Waals surface area contributed by atoms with Gasteiger partial charge in [0.1, 0.15) is 0 Å². The van der Waals surface area contributed by atoms with Crippen LogP contribution in [0.4, 0.5) is 5.69 Å². The minimum atomic E-state index is -0.173. The third-order valence-electron chi connectivity index (χ3n) is 6.66. The first-order chi connectivity index (χ1) is 22.3. The minimum absolute atomic E-state index is 0.116. The fraction of sp³-hybridized carbons (Fsp3) is 0.355. The Morgan fingerprint density at radius 2 is 1.02 bits per heavy atom. The highest BCUT2D eigenvalue weighted by Gasteiger charge is 2.10. The number of unbranched alkanes of at least 4 members (excludes halogenated alkanes) is 5. The number of nitrogens with one attached hydrogen (secondary N) is 2. The normalized spacial score (nSPS) is 11.8. The zero-order valence-electron chi connectivity index (χ0n) is 27.2. The van der Waals surface area contributed by atoms with Crippen LogP contribution in [0.1, 0.15) is 92.8 Å². The first-order valence-corrected chi connectivity index (χ1v) is 15.1. The summed E-state index contributed by atoms with van der Waals surface area (Å²) in [4.78, 5) is 25.3. The molecule has 0 heterocycles. The monoisotopic (exact) mass is 646 g/mol. The SMILES string of the molecule is C/C(=N/N=C(N)N)c1cccc(C(=O)NCCCCCCCCC(=O)Nc2cc(/C(C)=N\N=C(N)N)cc(/C(C)=N/N=C(N)N)c2)c1. The molecular weight excluding hydrogens is 600 g/mol. The van der Waals surface area contributed by atoms with Crippen molar-refractivity contribution in [3.8, 4) is 0 Å². The van der Waals surface area contributed by atoms with Crippen molar-refractivity contribution >= 4 is 52.5 Å². The molecule has 2 rings (SSSR count). The lowest BCUT2D eigenvalue weighted by Gasteiger charge is -2.11. The van der Waals surface area contributed by atoms with E-state index in [0.29, 0.717) is 52.5 Å². The van der Waals surface area contributed by atoms with Crippen LogP contribution in [0, 0.1) is 0 Å². The molecule has 0 unspecified atom stereocenters. The molecule has 252 valence electrons. The summed E-state index contributed by atoms with van der Waals surface area (Å²) in [5, 5.41) is 28.9. The van der Waals surface area contributed by atoms with Crippen LogP contribution in [0.15, 0.2) is 73.1 Å². The van der Waals surface area contributed by atoms with E-state index < -0.39 is 0 Å². The maximum Gasteiger partial charge on any atom is 0.251 e. The maximum atomic E-state index is 12.7. The van der Waals surface area contributed by atoms with Gasteiger partial charge in [-0.25, -0.2) is 0 Å². The van der Waals surface area contributed by atoms with Crippen molar-refractivity contribution in [2.24, 2.45) is 65.0 Å². The molecule has 0 atom stereocenters. The van der Waals surface area contributed by atoms with Crippen LogP contribution in [0.3, 0.4) is 0 Å². The molecule has 0 fully saturated rings. The Labute approximate surface area is 274 Å². The predicted molar refractivity (Wildman–Crippen MR) is 190 cm³/mol. The first kappa shape index (κ1) is 37.4. The summed E-state index contributed by atoms with van der Waals surface area (Å²) in [6.45, 7) is 5.81. The topological polar surface area (TPSA) is 288 Å². The molecule has 0 aliphatic carbocycles. The van der Waals surface area contributed by atoms with Gasteiger partial charge in [-0.3, -0.25) is 9.59 Å². The zero-order chi connectivity index (χ0) is 34.8. The van der Waals surface area contributed by atoms with Gasteiger partial charge in [0.15, 0.2) is 0 Å². The lowest BCUT2D eigenvalue weighted by Crippen LogP contribution is -2.24. The summed E-state index contributed by atoms with van der Waals surface area (Å²) in [5.74, 6) is -0.753. The molecule has 2 aromatic rings. The van der Waals surface area contributed by atoms with Crippen LogP contribution in [0.25, 0.3) is 0 Å². The number of carbonyl (C=O) groups excluding carboxylic acids is 2. The average molecular weight is 647 g/mol. The Balaban J connectivity index is 1.79. The molecule has 0 aliphatic heterocycles. The Morgan fingerprint density at radius 1 is 0.574 bits per heavy atom. The van der Waals surface area contributed by atoms with Crippen LogP contribution in [-0.2, 0) is 4.79 Å². The highest BCUT2D eigenvalue weighted by molar-refractivity contribution is 6.06. The zero-order valence-corrected chi connectivity index (χ0v) is 27.2. The van der Waals surface area contributed by atoms with E-state index in [1.165, 1.54) is 0 Å². The van der Waals surface area contributed by atoms with E-state index in [2.05, 4.69) is 41.2 Å². The highest BCUT2D eigenvalue weighted by Crippen LogP contribution is 2.19. The molecule has 0 aromatic heterocycles. The number of amides is 2. The molecule has 2 aromatic carbocycles. The largest absolute Gasteiger partial charge is 0.369 e. The fourth-order valence-corrected chi connectivity index (χ4v) is 4.22. The molecule has 0 bridgehead atoms. The number of hydrogen-bond donors (Lipinski definition) is 8. The number of nitrogens with zero attached hydrogens (tertiary/aromatic N) is 6. The summed E-state index contributed by atoms with van der Waals surface area (Å²) in [7, 11) is 0. The Bertz CT molecular complexity index is 1510. The van der Waals surface area contributed by atoms with E-state index >= 15 is 0 Å². The summed E-state index contributed by atoms with van der Waals surface area (Å²) in [6, 6.07) is 12.5. The molecule has 16 heteroatoms. The van der Waals surface area contributed by atoms with Crippen LogP contribution in [-0.4, -0.2) is 53.4 Å². The molecule has 0 saturated carbocycles. The van der Waals surface area contributed by atoms with Gasteiger partial charge in [0.05, 0.1) is 17.1 Å².